The lowest BCUT2D eigenvalue weighted by molar-refractivity contribution is -0.133. The molecule has 2 aliphatic rings. The van der Waals surface area contributed by atoms with Crippen molar-refractivity contribution in [1.82, 2.24) is 15.1 Å². The topological polar surface area (TPSA) is 44.8 Å². The van der Waals surface area contributed by atoms with Gasteiger partial charge >= 0.3 is 0 Å². The molecule has 0 atom stereocenters. The van der Waals surface area contributed by atoms with Crippen LogP contribution in [-0.4, -0.2) is 62.1 Å². The number of piperazine rings is 1. The van der Waals surface area contributed by atoms with Gasteiger partial charge in [0.15, 0.2) is 0 Å². The highest BCUT2D eigenvalue weighted by Gasteiger charge is 2.23. The molecular weight excluding hydrogens is 350 g/mol. The van der Waals surface area contributed by atoms with Crippen LogP contribution in [0.1, 0.15) is 31.2 Å². The van der Waals surface area contributed by atoms with E-state index in [0.717, 1.165) is 74.5 Å². The Bertz CT molecular complexity index is 597. The predicted octanol–water partition coefficient (Wildman–Crippen LogP) is 2.77. The number of benzene rings is 1. The predicted molar refractivity (Wildman–Crippen MR) is 105 cm³/mol. The van der Waals surface area contributed by atoms with Gasteiger partial charge in [0.25, 0.3) is 0 Å². The number of hydrogen-bond acceptors (Lipinski definition) is 4. The number of ether oxygens (including phenoxy) is 1. The first-order chi connectivity index (χ1) is 12.7. The van der Waals surface area contributed by atoms with Gasteiger partial charge in [-0.05, 0) is 56.5 Å². The van der Waals surface area contributed by atoms with E-state index in [0.29, 0.717) is 12.3 Å². The van der Waals surface area contributed by atoms with Crippen molar-refractivity contribution in [3.63, 3.8) is 0 Å². The minimum Gasteiger partial charge on any atom is -0.496 e. The SMILES string of the molecule is COc1ccc(Cl)cc1CN1CCN(C(=O)CCC2CCNCC2)CC1. The fourth-order valence-corrected chi connectivity index (χ4v) is 4.12. The van der Waals surface area contributed by atoms with Crippen LogP contribution in [0.25, 0.3) is 0 Å². The molecule has 2 heterocycles. The van der Waals surface area contributed by atoms with Crippen LogP contribution in [0.4, 0.5) is 0 Å². The zero-order chi connectivity index (χ0) is 18.4. The molecule has 0 bridgehead atoms. The molecule has 26 heavy (non-hydrogen) atoms. The van der Waals surface area contributed by atoms with E-state index in [2.05, 4.69) is 10.2 Å². The number of halogens is 1. The fourth-order valence-electron chi connectivity index (χ4n) is 3.92. The van der Waals surface area contributed by atoms with Gasteiger partial charge in [-0.2, -0.15) is 0 Å². The molecule has 0 aromatic heterocycles. The van der Waals surface area contributed by atoms with Crippen molar-refractivity contribution in [1.29, 1.82) is 0 Å². The first kappa shape index (κ1) is 19.5. The average Bonchev–Trinajstić information content (AvgIpc) is 2.68. The lowest BCUT2D eigenvalue weighted by Gasteiger charge is -2.35. The molecule has 5 nitrogen and oxygen atoms in total. The Hall–Kier alpha value is -1.30. The van der Waals surface area contributed by atoms with E-state index in [9.17, 15) is 4.79 Å². The van der Waals surface area contributed by atoms with Crippen molar-refractivity contribution >= 4 is 17.5 Å². The number of nitrogens with zero attached hydrogens (tertiary/aromatic N) is 2. The highest BCUT2D eigenvalue weighted by atomic mass is 35.5. The van der Waals surface area contributed by atoms with E-state index >= 15 is 0 Å². The lowest BCUT2D eigenvalue weighted by Crippen LogP contribution is -2.48. The smallest absolute Gasteiger partial charge is 0.222 e. The Morgan fingerprint density at radius 2 is 1.96 bits per heavy atom. The molecule has 0 saturated carbocycles. The molecule has 2 fully saturated rings. The summed E-state index contributed by atoms with van der Waals surface area (Å²) in [5, 5.41) is 4.11. The van der Waals surface area contributed by atoms with Crippen LogP contribution < -0.4 is 10.1 Å². The van der Waals surface area contributed by atoms with E-state index in [-0.39, 0.29) is 0 Å². The first-order valence-electron chi connectivity index (χ1n) is 9.69. The molecule has 2 aliphatic heterocycles. The van der Waals surface area contributed by atoms with Gasteiger partial charge in [-0.1, -0.05) is 11.6 Å². The van der Waals surface area contributed by atoms with Gasteiger partial charge in [0.05, 0.1) is 7.11 Å². The van der Waals surface area contributed by atoms with Gasteiger partial charge < -0.3 is 15.0 Å². The monoisotopic (exact) mass is 379 g/mol. The molecule has 6 heteroatoms. The van der Waals surface area contributed by atoms with Crippen molar-refractivity contribution in [2.45, 2.75) is 32.2 Å². The van der Waals surface area contributed by atoms with Crippen LogP contribution >= 0.6 is 11.6 Å². The Kier molecular flexibility index (Phi) is 7.17. The molecule has 144 valence electrons. The fraction of sp³-hybridized carbons (Fsp3) is 0.650. The van der Waals surface area contributed by atoms with E-state index in [1.807, 2.05) is 23.1 Å². The Labute approximate surface area is 161 Å². The third kappa shape index (κ3) is 5.35. The Balaban J connectivity index is 1.43. The van der Waals surface area contributed by atoms with E-state index < -0.39 is 0 Å². The molecule has 0 aliphatic carbocycles. The van der Waals surface area contributed by atoms with Crippen molar-refractivity contribution in [3.05, 3.63) is 28.8 Å². The minimum absolute atomic E-state index is 0.323. The summed E-state index contributed by atoms with van der Waals surface area (Å²) < 4.78 is 5.44. The average molecular weight is 380 g/mol. The van der Waals surface area contributed by atoms with Gasteiger partial charge in [-0.25, -0.2) is 0 Å². The van der Waals surface area contributed by atoms with E-state index in [1.165, 1.54) is 12.8 Å². The van der Waals surface area contributed by atoms with Crippen LogP contribution in [-0.2, 0) is 11.3 Å². The standard InChI is InChI=1S/C20H30ClN3O2/c1-26-19-4-3-18(21)14-17(19)15-23-10-12-24(13-11-23)20(25)5-2-16-6-8-22-9-7-16/h3-4,14,16,22H,2,5-13,15H2,1H3. The van der Waals surface area contributed by atoms with Crippen molar-refractivity contribution in [3.8, 4) is 5.75 Å². The molecule has 1 aromatic carbocycles. The normalized spacial score (nSPS) is 19.5. The molecule has 0 radical (unpaired) electrons. The van der Waals surface area contributed by atoms with Gasteiger partial charge in [0, 0.05) is 49.7 Å². The largest absolute Gasteiger partial charge is 0.496 e. The summed E-state index contributed by atoms with van der Waals surface area (Å²) in [4.78, 5) is 16.9. The molecule has 1 aromatic rings. The summed E-state index contributed by atoms with van der Waals surface area (Å²) in [6.45, 7) is 6.43. The number of hydrogen-bond donors (Lipinski definition) is 1. The summed E-state index contributed by atoms with van der Waals surface area (Å²) >= 11 is 6.12. The quantitative estimate of drug-likeness (QED) is 0.825. The van der Waals surface area contributed by atoms with Gasteiger partial charge in [-0.15, -0.1) is 0 Å². The first-order valence-corrected chi connectivity index (χ1v) is 10.1. The zero-order valence-corrected chi connectivity index (χ0v) is 16.4. The summed E-state index contributed by atoms with van der Waals surface area (Å²) in [6.07, 6.45) is 4.16. The molecule has 1 amide bonds. The van der Waals surface area contributed by atoms with Crippen LogP contribution in [0.5, 0.6) is 5.75 Å². The van der Waals surface area contributed by atoms with E-state index in [4.69, 9.17) is 16.3 Å². The molecule has 0 unspecified atom stereocenters. The number of amides is 1. The molecule has 2 saturated heterocycles. The molecule has 3 rings (SSSR count). The van der Waals surface area contributed by atoms with Crippen LogP contribution in [0.15, 0.2) is 18.2 Å². The number of carbonyl (C=O) groups excluding carboxylic acids is 1. The maximum absolute atomic E-state index is 12.5. The second-order valence-corrected chi connectivity index (χ2v) is 7.78. The third-order valence-corrected chi connectivity index (χ3v) is 5.82. The lowest BCUT2D eigenvalue weighted by atomic mass is 9.93. The highest BCUT2D eigenvalue weighted by Crippen LogP contribution is 2.25. The van der Waals surface area contributed by atoms with Crippen LogP contribution in [0.3, 0.4) is 0 Å². The van der Waals surface area contributed by atoms with Crippen molar-refractivity contribution < 1.29 is 9.53 Å². The second-order valence-electron chi connectivity index (χ2n) is 7.35. The summed E-state index contributed by atoms with van der Waals surface area (Å²) in [7, 11) is 1.69. The van der Waals surface area contributed by atoms with Gasteiger partial charge in [-0.3, -0.25) is 9.69 Å². The number of methoxy groups -OCH3 is 1. The molecular formula is C20H30ClN3O2. The number of rotatable bonds is 6. The van der Waals surface area contributed by atoms with Crippen molar-refractivity contribution in [2.75, 3.05) is 46.4 Å². The zero-order valence-electron chi connectivity index (χ0n) is 15.7. The number of nitrogens with one attached hydrogen (secondary N) is 1. The van der Waals surface area contributed by atoms with E-state index in [1.54, 1.807) is 7.11 Å². The van der Waals surface area contributed by atoms with Gasteiger partial charge in [0.2, 0.25) is 5.91 Å². The molecule has 1 N–H and O–H groups in total. The number of piperidine rings is 1. The highest BCUT2D eigenvalue weighted by molar-refractivity contribution is 6.30. The van der Waals surface area contributed by atoms with Crippen LogP contribution in [0, 0.1) is 5.92 Å². The second kappa shape index (κ2) is 9.58. The maximum Gasteiger partial charge on any atom is 0.222 e. The summed E-state index contributed by atoms with van der Waals surface area (Å²) in [6, 6.07) is 5.73. The summed E-state index contributed by atoms with van der Waals surface area (Å²) in [5.41, 5.74) is 1.10. The molecule has 0 spiro atoms. The summed E-state index contributed by atoms with van der Waals surface area (Å²) in [5.74, 6) is 1.91. The Morgan fingerprint density at radius 3 is 2.65 bits per heavy atom. The third-order valence-electron chi connectivity index (χ3n) is 5.59. The minimum atomic E-state index is 0.323. The van der Waals surface area contributed by atoms with Crippen molar-refractivity contribution in [2.24, 2.45) is 5.92 Å². The maximum atomic E-state index is 12.5. The Morgan fingerprint density at radius 1 is 1.23 bits per heavy atom. The van der Waals surface area contributed by atoms with Gasteiger partial charge in [0.1, 0.15) is 5.75 Å². The van der Waals surface area contributed by atoms with Crippen LogP contribution in [0.2, 0.25) is 5.02 Å². The number of carbonyl (C=O) groups is 1.